The molecule has 3 heteroatoms. The fraction of sp³-hybridized carbons (Fsp3) is 0.0400. The van der Waals surface area contributed by atoms with Gasteiger partial charge in [-0.2, -0.15) is 0 Å². The van der Waals surface area contributed by atoms with E-state index >= 15 is 0 Å². The highest BCUT2D eigenvalue weighted by molar-refractivity contribution is 7.26. The molecule has 11 rings (SSSR count). The van der Waals surface area contributed by atoms with E-state index in [1.165, 1.54) is 59.1 Å². The summed E-state index contributed by atoms with van der Waals surface area (Å²) >= 11 is 1.89. The minimum atomic E-state index is -0.285. The van der Waals surface area contributed by atoms with Crippen molar-refractivity contribution in [1.29, 1.82) is 0 Å². The van der Waals surface area contributed by atoms with Gasteiger partial charge in [0, 0.05) is 53.4 Å². The van der Waals surface area contributed by atoms with Gasteiger partial charge in [-0.25, -0.2) is 0 Å². The van der Waals surface area contributed by atoms with E-state index in [1.54, 1.807) is 0 Å². The molecular formula is C50H33NOS. The summed E-state index contributed by atoms with van der Waals surface area (Å²) in [6.07, 6.45) is 0. The third-order valence-corrected chi connectivity index (χ3v) is 12.5. The van der Waals surface area contributed by atoms with Crippen LogP contribution in [0.1, 0.15) is 23.6 Å². The Morgan fingerprint density at radius 1 is 0.453 bits per heavy atom. The summed E-state index contributed by atoms with van der Waals surface area (Å²) in [6, 6.07) is 66.3. The number of nitrogens with zero attached hydrogens (tertiary/aromatic N) is 1. The predicted octanol–water partition coefficient (Wildman–Crippen LogP) is 14.4. The molecule has 0 saturated carbocycles. The van der Waals surface area contributed by atoms with Crippen molar-refractivity contribution in [2.75, 3.05) is 4.90 Å². The molecule has 0 atom stereocenters. The lowest BCUT2D eigenvalue weighted by atomic mass is 9.73. The van der Waals surface area contributed by atoms with Gasteiger partial charge < -0.3 is 9.32 Å². The SMILES string of the molecule is CC1(c2cc(-c3ccc(N(c4ccccc4)c4ccc5oc6ccccc6c5c4)cc3)c3c(c2)sc2ccccc23)c2ccccc2-c2ccccc21. The van der Waals surface area contributed by atoms with Crippen molar-refractivity contribution in [1.82, 2.24) is 0 Å². The Morgan fingerprint density at radius 3 is 1.83 bits per heavy atom. The van der Waals surface area contributed by atoms with Gasteiger partial charge in [0.05, 0.1) is 0 Å². The third-order valence-electron chi connectivity index (χ3n) is 11.3. The maximum absolute atomic E-state index is 6.20. The number of para-hydroxylation sites is 2. The Labute approximate surface area is 311 Å². The Balaban J connectivity index is 1.10. The van der Waals surface area contributed by atoms with Gasteiger partial charge in [-0.05, 0) is 113 Å². The van der Waals surface area contributed by atoms with Crippen LogP contribution >= 0.6 is 11.3 Å². The zero-order chi connectivity index (χ0) is 35.1. The first-order chi connectivity index (χ1) is 26.1. The van der Waals surface area contributed by atoms with Crippen molar-refractivity contribution >= 4 is 70.5 Å². The van der Waals surface area contributed by atoms with Crippen LogP contribution in [0.5, 0.6) is 0 Å². The van der Waals surface area contributed by atoms with Gasteiger partial charge >= 0.3 is 0 Å². The summed E-state index contributed by atoms with van der Waals surface area (Å²) in [5.74, 6) is 0. The quantitative estimate of drug-likeness (QED) is 0.178. The molecule has 0 unspecified atom stereocenters. The van der Waals surface area contributed by atoms with E-state index in [1.807, 2.05) is 23.5 Å². The highest BCUT2D eigenvalue weighted by Gasteiger charge is 2.41. The molecule has 1 aliphatic rings. The molecule has 2 nitrogen and oxygen atoms in total. The summed E-state index contributed by atoms with van der Waals surface area (Å²) in [5.41, 5.74) is 14.0. The van der Waals surface area contributed by atoms with E-state index in [-0.39, 0.29) is 5.41 Å². The van der Waals surface area contributed by atoms with E-state index in [9.17, 15) is 0 Å². The number of thiophene rings is 1. The van der Waals surface area contributed by atoms with Gasteiger partial charge in [0.1, 0.15) is 11.2 Å². The molecule has 0 fully saturated rings. The molecule has 53 heavy (non-hydrogen) atoms. The van der Waals surface area contributed by atoms with Crippen LogP contribution in [0.15, 0.2) is 186 Å². The summed E-state index contributed by atoms with van der Waals surface area (Å²) in [4.78, 5) is 2.34. The van der Waals surface area contributed by atoms with Crippen LogP contribution in [0.2, 0.25) is 0 Å². The Bertz CT molecular complexity index is 2980. The molecule has 0 radical (unpaired) electrons. The molecule has 2 aromatic heterocycles. The molecule has 0 spiro atoms. The minimum Gasteiger partial charge on any atom is -0.456 e. The molecule has 10 aromatic rings. The fourth-order valence-electron chi connectivity index (χ4n) is 8.80. The Kier molecular flexibility index (Phi) is 6.58. The first kappa shape index (κ1) is 30.2. The van der Waals surface area contributed by atoms with Gasteiger partial charge in [0.25, 0.3) is 0 Å². The standard InChI is InChI=1S/C50H33NOS/c1-50(43-19-9-5-15-37(43)38-16-6-10-20-44(38)50)33-29-41(49-40-18-8-12-22-47(40)53-48(49)30-33)32-23-25-35(26-24-32)51(34-13-3-2-4-14-34)36-27-28-46-42(31-36)39-17-7-11-21-45(39)52-46/h2-31H,1H3. The van der Waals surface area contributed by atoms with Crippen molar-refractivity contribution in [2.24, 2.45) is 0 Å². The zero-order valence-corrected chi connectivity index (χ0v) is 29.9. The lowest BCUT2D eigenvalue weighted by Crippen LogP contribution is -2.22. The molecule has 0 saturated heterocycles. The molecule has 250 valence electrons. The molecule has 2 heterocycles. The zero-order valence-electron chi connectivity index (χ0n) is 29.1. The van der Waals surface area contributed by atoms with E-state index in [0.717, 1.165) is 39.0 Å². The van der Waals surface area contributed by atoms with E-state index < -0.39 is 0 Å². The van der Waals surface area contributed by atoms with Crippen LogP contribution in [0.4, 0.5) is 17.1 Å². The number of rotatable bonds is 5. The number of fused-ring (bicyclic) bond motifs is 9. The van der Waals surface area contributed by atoms with Gasteiger partial charge in [0.2, 0.25) is 0 Å². The van der Waals surface area contributed by atoms with Crippen molar-refractivity contribution in [3.05, 3.63) is 199 Å². The normalized spacial score (nSPS) is 13.2. The summed E-state index contributed by atoms with van der Waals surface area (Å²) in [5, 5.41) is 4.87. The topological polar surface area (TPSA) is 16.4 Å². The number of hydrogen-bond acceptors (Lipinski definition) is 3. The van der Waals surface area contributed by atoms with Gasteiger partial charge in [-0.1, -0.05) is 115 Å². The lowest BCUT2D eigenvalue weighted by Gasteiger charge is -2.29. The van der Waals surface area contributed by atoms with Crippen LogP contribution in [0, 0.1) is 0 Å². The highest BCUT2D eigenvalue weighted by atomic mass is 32.1. The van der Waals surface area contributed by atoms with Crippen molar-refractivity contribution in [2.45, 2.75) is 12.3 Å². The van der Waals surface area contributed by atoms with Crippen LogP contribution in [0.3, 0.4) is 0 Å². The van der Waals surface area contributed by atoms with Crippen LogP contribution in [-0.2, 0) is 5.41 Å². The lowest BCUT2D eigenvalue weighted by molar-refractivity contribution is 0.669. The maximum atomic E-state index is 6.20. The Morgan fingerprint density at radius 2 is 1.06 bits per heavy atom. The van der Waals surface area contributed by atoms with Gasteiger partial charge in [0.15, 0.2) is 0 Å². The number of benzene rings is 8. The number of furan rings is 1. The fourth-order valence-corrected chi connectivity index (χ4v) is 9.97. The second kappa shape index (κ2) is 11.5. The van der Waals surface area contributed by atoms with Crippen LogP contribution in [-0.4, -0.2) is 0 Å². The smallest absolute Gasteiger partial charge is 0.135 e. The molecule has 0 bridgehead atoms. The highest BCUT2D eigenvalue weighted by Crippen LogP contribution is 2.54. The molecule has 0 N–H and O–H groups in total. The van der Waals surface area contributed by atoms with Crippen LogP contribution < -0.4 is 4.90 Å². The maximum Gasteiger partial charge on any atom is 0.135 e. The summed E-state index contributed by atoms with van der Waals surface area (Å²) in [7, 11) is 0. The average molecular weight is 696 g/mol. The molecule has 8 aromatic carbocycles. The molecule has 1 aliphatic carbocycles. The predicted molar refractivity (Wildman–Crippen MR) is 224 cm³/mol. The monoisotopic (exact) mass is 695 g/mol. The number of anilines is 3. The van der Waals surface area contributed by atoms with E-state index in [2.05, 4.69) is 182 Å². The average Bonchev–Trinajstić information content (AvgIpc) is 3.87. The van der Waals surface area contributed by atoms with Gasteiger partial charge in [-0.3, -0.25) is 0 Å². The van der Waals surface area contributed by atoms with Crippen molar-refractivity contribution in [3.8, 4) is 22.3 Å². The minimum absolute atomic E-state index is 0.285. The molecule has 0 amide bonds. The van der Waals surface area contributed by atoms with E-state index in [4.69, 9.17) is 4.42 Å². The first-order valence-electron chi connectivity index (χ1n) is 18.2. The van der Waals surface area contributed by atoms with Gasteiger partial charge in [-0.15, -0.1) is 11.3 Å². The van der Waals surface area contributed by atoms with Crippen molar-refractivity contribution in [3.63, 3.8) is 0 Å². The summed E-state index contributed by atoms with van der Waals surface area (Å²) in [6.45, 7) is 2.41. The van der Waals surface area contributed by atoms with Crippen molar-refractivity contribution < 1.29 is 4.42 Å². The van der Waals surface area contributed by atoms with E-state index in [0.29, 0.717) is 0 Å². The second-order valence-electron chi connectivity index (χ2n) is 14.2. The summed E-state index contributed by atoms with van der Waals surface area (Å²) < 4.78 is 8.83. The first-order valence-corrected chi connectivity index (χ1v) is 19.0. The Hall–Kier alpha value is -6.42. The second-order valence-corrected chi connectivity index (χ2v) is 15.3. The third kappa shape index (κ3) is 4.51. The molecular weight excluding hydrogens is 663 g/mol. The largest absolute Gasteiger partial charge is 0.456 e. The molecule has 0 aliphatic heterocycles. The number of hydrogen-bond donors (Lipinski definition) is 0. The van der Waals surface area contributed by atoms with Crippen LogP contribution in [0.25, 0.3) is 64.4 Å².